The molecule has 1 aromatic carbocycles. The maximum absolute atomic E-state index is 12.3. The fourth-order valence-electron chi connectivity index (χ4n) is 2.80. The zero-order valence-corrected chi connectivity index (χ0v) is 12.7. The average molecular weight is 297 g/mol. The summed E-state index contributed by atoms with van der Waals surface area (Å²) in [5.41, 5.74) is 1.02. The number of aryl methyl sites for hydroxylation is 1. The molecule has 5 heteroatoms. The molecule has 2 N–H and O–H groups in total. The Morgan fingerprint density at radius 3 is 2.35 bits per heavy atom. The minimum atomic E-state index is -3.55. The molecule has 1 aromatic rings. The first kappa shape index (κ1) is 15.5. The molecule has 1 fully saturated rings. The number of aliphatic hydroxyl groups is 1. The molecule has 1 aliphatic carbocycles. The minimum absolute atomic E-state index is 0.143. The zero-order chi connectivity index (χ0) is 14.6. The standard InChI is InChI=1S/C15H23NO3S/c1-12-7-9-14(10-8-12)20(18,19)16-15(11-17)13-5-3-2-4-6-13/h7-10,13,15-17H,2-6,11H2,1H3. The molecule has 0 aromatic heterocycles. The van der Waals surface area contributed by atoms with Crippen molar-refractivity contribution in [1.29, 1.82) is 0 Å². The molecule has 1 atom stereocenters. The van der Waals surface area contributed by atoms with Crippen molar-refractivity contribution < 1.29 is 13.5 Å². The van der Waals surface area contributed by atoms with E-state index in [2.05, 4.69) is 4.72 Å². The van der Waals surface area contributed by atoms with E-state index in [0.717, 1.165) is 31.2 Å². The average Bonchev–Trinajstić information content (AvgIpc) is 2.46. The summed E-state index contributed by atoms with van der Waals surface area (Å²) in [5.74, 6) is 0.244. The maximum atomic E-state index is 12.3. The lowest BCUT2D eigenvalue weighted by atomic mass is 9.84. The van der Waals surface area contributed by atoms with Crippen molar-refractivity contribution in [3.8, 4) is 0 Å². The molecule has 4 nitrogen and oxygen atoms in total. The molecule has 1 aliphatic rings. The first-order chi connectivity index (χ1) is 9.53. The van der Waals surface area contributed by atoms with Gasteiger partial charge >= 0.3 is 0 Å². The highest BCUT2D eigenvalue weighted by Crippen LogP contribution is 2.27. The molecule has 0 amide bonds. The van der Waals surface area contributed by atoms with Crippen LogP contribution < -0.4 is 4.72 Å². The molecule has 112 valence electrons. The monoisotopic (exact) mass is 297 g/mol. The Labute approximate surface area is 121 Å². The first-order valence-corrected chi connectivity index (χ1v) is 8.71. The van der Waals surface area contributed by atoms with Gasteiger partial charge in [0.2, 0.25) is 10.0 Å². The maximum Gasteiger partial charge on any atom is 0.240 e. The van der Waals surface area contributed by atoms with Crippen LogP contribution in [0, 0.1) is 12.8 Å². The summed E-state index contributed by atoms with van der Waals surface area (Å²) in [4.78, 5) is 0.261. The third-order valence-corrected chi connectivity index (χ3v) is 5.56. The van der Waals surface area contributed by atoms with Crippen LogP contribution in [0.25, 0.3) is 0 Å². The summed E-state index contributed by atoms with van der Waals surface area (Å²) in [5, 5.41) is 9.51. The fraction of sp³-hybridized carbons (Fsp3) is 0.600. The third kappa shape index (κ3) is 3.81. The Kier molecular flexibility index (Phi) is 5.18. The van der Waals surface area contributed by atoms with Gasteiger partial charge in [-0.25, -0.2) is 13.1 Å². The van der Waals surface area contributed by atoms with Gasteiger partial charge in [-0.2, -0.15) is 0 Å². The van der Waals surface area contributed by atoms with Crippen molar-refractivity contribution in [2.75, 3.05) is 6.61 Å². The van der Waals surface area contributed by atoms with Crippen LogP contribution in [0.15, 0.2) is 29.2 Å². The van der Waals surface area contributed by atoms with E-state index < -0.39 is 10.0 Å². The van der Waals surface area contributed by atoms with Crippen molar-refractivity contribution >= 4 is 10.0 Å². The number of rotatable bonds is 5. The molecule has 1 saturated carbocycles. The molecular formula is C15H23NO3S. The summed E-state index contributed by atoms with van der Waals surface area (Å²) in [7, 11) is -3.55. The van der Waals surface area contributed by atoms with Gasteiger partial charge in [0.05, 0.1) is 11.5 Å². The Bertz CT molecular complexity index is 519. The van der Waals surface area contributed by atoms with Gasteiger partial charge in [0.25, 0.3) is 0 Å². The van der Waals surface area contributed by atoms with E-state index in [-0.39, 0.29) is 23.5 Å². The second-order valence-electron chi connectivity index (χ2n) is 5.62. The van der Waals surface area contributed by atoms with E-state index in [1.807, 2.05) is 6.92 Å². The molecule has 0 aliphatic heterocycles. The Morgan fingerprint density at radius 1 is 1.20 bits per heavy atom. The summed E-state index contributed by atoms with van der Waals surface area (Å²) in [6, 6.07) is 6.40. The number of hydrogen-bond donors (Lipinski definition) is 2. The number of aliphatic hydroxyl groups excluding tert-OH is 1. The minimum Gasteiger partial charge on any atom is -0.395 e. The quantitative estimate of drug-likeness (QED) is 0.875. The largest absolute Gasteiger partial charge is 0.395 e. The van der Waals surface area contributed by atoms with Gasteiger partial charge in [0.15, 0.2) is 0 Å². The second kappa shape index (κ2) is 6.70. The van der Waals surface area contributed by atoms with Gasteiger partial charge < -0.3 is 5.11 Å². The zero-order valence-electron chi connectivity index (χ0n) is 11.9. The van der Waals surface area contributed by atoms with Crippen LogP contribution in [0.1, 0.15) is 37.7 Å². The van der Waals surface area contributed by atoms with E-state index in [0.29, 0.717) is 0 Å². The molecule has 0 saturated heterocycles. The third-order valence-electron chi connectivity index (χ3n) is 4.05. The number of sulfonamides is 1. The molecule has 0 spiro atoms. The summed E-state index contributed by atoms with van der Waals surface area (Å²) >= 11 is 0. The van der Waals surface area contributed by atoms with Crippen molar-refractivity contribution in [2.24, 2.45) is 5.92 Å². The Balaban J connectivity index is 2.10. The highest BCUT2D eigenvalue weighted by Gasteiger charge is 2.27. The van der Waals surface area contributed by atoms with Crippen LogP contribution in [0.3, 0.4) is 0 Å². The second-order valence-corrected chi connectivity index (χ2v) is 7.34. The van der Waals surface area contributed by atoms with Gasteiger partial charge in [0.1, 0.15) is 0 Å². The van der Waals surface area contributed by atoms with Gasteiger partial charge in [-0.15, -0.1) is 0 Å². The molecule has 20 heavy (non-hydrogen) atoms. The Hall–Kier alpha value is -0.910. The number of benzene rings is 1. The highest BCUT2D eigenvalue weighted by atomic mass is 32.2. The molecular weight excluding hydrogens is 274 g/mol. The van der Waals surface area contributed by atoms with Crippen molar-refractivity contribution in [3.63, 3.8) is 0 Å². The van der Waals surface area contributed by atoms with Gasteiger partial charge in [-0.1, -0.05) is 37.0 Å². The predicted molar refractivity (Wildman–Crippen MR) is 78.9 cm³/mol. The molecule has 0 bridgehead atoms. The fourth-order valence-corrected chi connectivity index (χ4v) is 4.10. The predicted octanol–water partition coefficient (Wildman–Crippen LogP) is 2.21. The van der Waals surface area contributed by atoms with Crippen molar-refractivity contribution in [1.82, 2.24) is 4.72 Å². The molecule has 0 heterocycles. The van der Waals surface area contributed by atoms with Crippen LogP contribution in [-0.4, -0.2) is 26.2 Å². The molecule has 0 radical (unpaired) electrons. The van der Waals surface area contributed by atoms with E-state index in [1.165, 1.54) is 6.42 Å². The van der Waals surface area contributed by atoms with E-state index in [9.17, 15) is 13.5 Å². The van der Waals surface area contributed by atoms with Crippen LogP contribution >= 0.6 is 0 Å². The smallest absolute Gasteiger partial charge is 0.240 e. The van der Waals surface area contributed by atoms with Crippen molar-refractivity contribution in [2.45, 2.75) is 50.0 Å². The Morgan fingerprint density at radius 2 is 1.80 bits per heavy atom. The van der Waals surface area contributed by atoms with Crippen LogP contribution in [0.2, 0.25) is 0 Å². The summed E-state index contributed by atoms with van der Waals surface area (Å²) < 4.78 is 27.3. The van der Waals surface area contributed by atoms with E-state index in [1.54, 1.807) is 24.3 Å². The van der Waals surface area contributed by atoms with Gasteiger partial charge in [-0.05, 0) is 37.8 Å². The summed E-state index contributed by atoms with van der Waals surface area (Å²) in [6.07, 6.45) is 5.42. The lowest BCUT2D eigenvalue weighted by molar-refractivity contribution is 0.187. The van der Waals surface area contributed by atoms with E-state index >= 15 is 0 Å². The highest BCUT2D eigenvalue weighted by molar-refractivity contribution is 7.89. The van der Waals surface area contributed by atoms with Crippen LogP contribution in [0.5, 0.6) is 0 Å². The molecule has 2 rings (SSSR count). The SMILES string of the molecule is Cc1ccc(S(=O)(=O)NC(CO)C2CCCCC2)cc1. The van der Waals surface area contributed by atoms with Gasteiger partial charge in [-0.3, -0.25) is 0 Å². The summed E-state index contributed by atoms with van der Waals surface area (Å²) in [6.45, 7) is 1.78. The van der Waals surface area contributed by atoms with Gasteiger partial charge in [0, 0.05) is 6.04 Å². The van der Waals surface area contributed by atoms with Crippen LogP contribution in [0.4, 0.5) is 0 Å². The number of hydrogen-bond acceptors (Lipinski definition) is 3. The first-order valence-electron chi connectivity index (χ1n) is 7.23. The van der Waals surface area contributed by atoms with E-state index in [4.69, 9.17) is 0 Å². The topological polar surface area (TPSA) is 66.4 Å². The van der Waals surface area contributed by atoms with Crippen LogP contribution in [-0.2, 0) is 10.0 Å². The normalized spacial score (nSPS) is 18.9. The number of nitrogens with one attached hydrogen (secondary N) is 1. The lowest BCUT2D eigenvalue weighted by Gasteiger charge is -2.29. The lowest BCUT2D eigenvalue weighted by Crippen LogP contribution is -2.43. The molecule has 1 unspecified atom stereocenters. The van der Waals surface area contributed by atoms with Crippen molar-refractivity contribution in [3.05, 3.63) is 29.8 Å².